The van der Waals surface area contributed by atoms with Gasteiger partial charge in [-0.1, -0.05) is 0 Å². The molecule has 1 amide bonds. The van der Waals surface area contributed by atoms with Crippen molar-refractivity contribution < 1.29 is 4.79 Å². The average molecular weight is 255 g/mol. The highest BCUT2D eigenvalue weighted by Crippen LogP contribution is 2.16. The van der Waals surface area contributed by atoms with Crippen molar-refractivity contribution in [3.8, 4) is 0 Å². The fraction of sp³-hybridized carbons (Fsp3) is 0.500. The zero-order chi connectivity index (χ0) is 14.1. The van der Waals surface area contributed by atoms with Gasteiger partial charge in [0.1, 0.15) is 17.0 Å². The molecule has 100 valence electrons. The normalized spacial score (nSPS) is 11.3. The van der Waals surface area contributed by atoms with Gasteiger partial charge < -0.3 is 16.8 Å². The zero-order valence-electron chi connectivity index (χ0n) is 10.5. The molecule has 1 aromatic rings. The van der Waals surface area contributed by atoms with Gasteiger partial charge in [0.25, 0.3) is 5.56 Å². The van der Waals surface area contributed by atoms with Crippen LogP contribution in [0.3, 0.4) is 0 Å². The molecule has 18 heavy (non-hydrogen) atoms. The van der Waals surface area contributed by atoms with Gasteiger partial charge in [0.15, 0.2) is 0 Å². The van der Waals surface area contributed by atoms with Gasteiger partial charge >= 0.3 is 5.69 Å². The van der Waals surface area contributed by atoms with E-state index in [0.29, 0.717) is 6.54 Å². The van der Waals surface area contributed by atoms with Crippen LogP contribution in [-0.4, -0.2) is 21.0 Å². The highest BCUT2D eigenvalue weighted by molar-refractivity contribution is 5.87. The minimum atomic E-state index is -1.16. The lowest BCUT2D eigenvalue weighted by molar-refractivity contribution is -0.121. The largest absolute Gasteiger partial charge is 0.383 e. The number of amides is 1. The predicted molar refractivity (Wildman–Crippen MR) is 68.3 cm³/mol. The quantitative estimate of drug-likeness (QED) is 0.536. The predicted octanol–water partition coefficient (Wildman–Crippen LogP) is -1.19. The third-order valence-electron chi connectivity index (χ3n) is 2.61. The number of primary amides is 1. The molecule has 0 unspecified atom stereocenters. The van der Waals surface area contributed by atoms with Crippen LogP contribution in [0.1, 0.15) is 20.8 Å². The summed E-state index contributed by atoms with van der Waals surface area (Å²) in [5.74, 6) is -0.670. The number of nitrogens with zero attached hydrogens (tertiary/aromatic N) is 1. The SMILES string of the molecule is CCn1c(N)c(NC(C)(C)C(N)=O)c(=O)[nH]c1=O. The number of H-pyrrole nitrogens is 1. The van der Waals surface area contributed by atoms with Gasteiger partial charge in [-0.05, 0) is 20.8 Å². The first-order valence-electron chi connectivity index (χ1n) is 5.41. The number of carbonyl (C=O) groups is 1. The first kappa shape index (κ1) is 13.8. The summed E-state index contributed by atoms with van der Waals surface area (Å²) in [6.07, 6.45) is 0. The lowest BCUT2D eigenvalue weighted by atomic mass is 10.1. The molecule has 1 heterocycles. The minimum Gasteiger partial charge on any atom is -0.383 e. The summed E-state index contributed by atoms with van der Waals surface area (Å²) in [7, 11) is 0. The van der Waals surface area contributed by atoms with Crippen LogP contribution < -0.4 is 28.0 Å². The molecule has 8 heteroatoms. The number of carbonyl (C=O) groups excluding carboxylic acids is 1. The van der Waals surface area contributed by atoms with Crippen LogP contribution in [0, 0.1) is 0 Å². The van der Waals surface area contributed by atoms with Gasteiger partial charge in [0.05, 0.1) is 0 Å². The summed E-state index contributed by atoms with van der Waals surface area (Å²) in [6, 6.07) is 0. The van der Waals surface area contributed by atoms with Gasteiger partial charge in [-0.2, -0.15) is 0 Å². The van der Waals surface area contributed by atoms with E-state index in [4.69, 9.17) is 11.5 Å². The number of rotatable bonds is 4. The van der Waals surface area contributed by atoms with E-state index in [1.54, 1.807) is 6.92 Å². The van der Waals surface area contributed by atoms with E-state index in [1.807, 2.05) is 0 Å². The van der Waals surface area contributed by atoms with Crippen LogP contribution in [0.15, 0.2) is 9.59 Å². The minimum absolute atomic E-state index is 0.0272. The summed E-state index contributed by atoms with van der Waals surface area (Å²) < 4.78 is 1.18. The molecule has 8 nitrogen and oxygen atoms in total. The summed E-state index contributed by atoms with van der Waals surface area (Å²) >= 11 is 0. The second kappa shape index (κ2) is 4.55. The number of aromatic nitrogens is 2. The van der Waals surface area contributed by atoms with Crippen molar-refractivity contribution in [2.75, 3.05) is 11.1 Å². The molecule has 1 aromatic heterocycles. The van der Waals surface area contributed by atoms with Gasteiger partial charge in [0.2, 0.25) is 5.91 Å². The molecule has 0 atom stereocenters. The van der Waals surface area contributed by atoms with E-state index in [1.165, 1.54) is 18.4 Å². The van der Waals surface area contributed by atoms with Gasteiger partial charge in [-0.3, -0.25) is 19.1 Å². The van der Waals surface area contributed by atoms with E-state index in [0.717, 1.165) is 0 Å². The molecule has 0 aliphatic heterocycles. The van der Waals surface area contributed by atoms with Crippen LogP contribution in [-0.2, 0) is 11.3 Å². The van der Waals surface area contributed by atoms with Crippen LogP contribution in [0.25, 0.3) is 0 Å². The van der Waals surface area contributed by atoms with Crippen LogP contribution in [0.4, 0.5) is 11.5 Å². The van der Waals surface area contributed by atoms with Gasteiger partial charge in [0, 0.05) is 6.54 Å². The van der Waals surface area contributed by atoms with E-state index in [-0.39, 0.29) is 11.5 Å². The molecule has 0 aromatic carbocycles. The Morgan fingerprint density at radius 2 is 2.00 bits per heavy atom. The second-order valence-corrected chi connectivity index (χ2v) is 4.38. The highest BCUT2D eigenvalue weighted by Gasteiger charge is 2.27. The van der Waals surface area contributed by atoms with E-state index in [9.17, 15) is 14.4 Å². The molecule has 1 rings (SSSR count). The first-order chi connectivity index (χ1) is 8.20. The Labute approximate surface area is 103 Å². The third-order valence-corrected chi connectivity index (χ3v) is 2.61. The summed E-state index contributed by atoms with van der Waals surface area (Å²) in [5, 5.41) is 2.65. The molecule has 0 bridgehead atoms. The van der Waals surface area contributed by atoms with Crippen LogP contribution in [0.2, 0.25) is 0 Å². The van der Waals surface area contributed by atoms with E-state index < -0.39 is 22.7 Å². The highest BCUT2D eigenvalue weighted by atomic mass is 16.2. The molecule has 0 fully saturated rings. The van der Waals surface area contributed by atoms with Crippen molar-refractivity contribution in [1.82, 2.24) is 9.55 Å². The number of anilines is 2. The summed E-state index contributed by atoms with van der Waals surface area (Å²) in [4.78, 5) is 36.4. The zero-order valence-corrected chi connectivity index (χ0v) is 10.5. The van der Waals surface area contributed by atoms with Crippen molar-refractivity contribution in [1.29, 1.82) is 0 Å². The fourth-order valence-electron chi connectivity index (χ4n) is 1.40. The molecule has 0 saturated heterocycles. The number of hydrogen-bond acceptors (Lipinski definition) is 5. The Hall–Kier alpha value is -2.25. The van der Waals surface area contributed by atoms with E-state index >= 15 is 0 Å². The van der Waals surface area contributed by atoms with Crippen molar-refractivity contribution in [2.24, 2.45) is 5.73 Å². The Bertz CT molecular complexity index is 584. The number of nitrogens with one attached hydrogen (secondary N) is 2. The Morgan fingerprint density at radius 3 is 2.44 bits per heavy atom. The topological polar surface area (TPSA) is 136 Å². The maximum absolute atomic E-state index is 11.7. The third kappa shape index (κ3) is 2.36. The Morgan fingerprint density at radius 1 is 1.44 bits per heavy atom. The van der Waals surface area contributed by atoms with Crippen molar-refractivity contribution >= 4 is 17.4 Å². The maximum atomic E-state index is 11.7. The molecule has 0 aliphatic carbocycles. The Kier molecular flexibility index (Phi) is 3.49. The molecule has 0 spiro atoms. The monoisotopic (exact) mass is 255 g/mol. The molecule has 6 N–H and O–H groups in total. The lowest BCUT2D eigenvalue weighted by Crippen LogP contribution is -2.47. The van der Waals surface area contributed by atoms with Gasteiger partial charge in [-0.25, -0.2) is 4.79 Å². The second-order valence-electron chi connectivity index (χ2n) is 4.38. The number of nitrogens with two attached hydrogens (primary N) is 2. The smallest absolute Gasteiger partial charge is 0.330 e. The Balaban J connectivity index is 3.39. The molecule has 0 aliphatic rings. The standard InChI is InChI=1S/C10H17N5O3/c1-4-15-6(11)5(7(16)13-9(15)18)14-10(2,3)8(12)17/h14H,4,11H2,1-3H3,(H2,12,17)(H,13,16,18). The number of hydrogen-bond donors (Lipinski definition) is 4. The van der Waals surface area contributed by atoms with Crippen molar-refractivity contribution in [3.63, 3.8) is 0 Å². The number of nitrogen functional groups attached to an aromatic ring is 1. The molecule has 0 saturated carbocycles. The van der Waals surface area contributed by atoms with Crippen molar-refractivity contribution in [2.45, 2.75) is 32.9 Å². The average Bonchev–Trinajstić information content (AvgIpc) is 2.24. The lowest BCUT2D eigenvalue weighted by Gasteiger charge is -2.24. The number of aromatic amines is 1. The van der Waals surface area contributed by atoms with Crippen LogP contribution >= 0.6 is 0 Å². The van der Waals surface area contributed by atoms with E-state index in [2.05, 4.69) is 10.3 Å². The fourth-order valence-corrected chi connectivity index (χ4v) is 1.40. The van der Waals surface area contributed by atoms with Gasteiger partial charge in [-0.15, -0.1) is 0 Å². The maximum Gasteiger partial charge on any atom is 0.330 e. The molecular formula is C10H17N5O3. The van der Waals surface area contributed by atoms with Crippen LogP contribution in [0.5, 0.6) is 0 Å². The summed E-state index contributed by atoms with van der Waals surface area (Å²) in [6.45, 7) is 5.03. The first-order valence-corrected chi connectivity index (χ1v) is 5.41. The summed E-state index contributed by atoms with van der Waals surface area (Å²) in [5.41, 5.74) is 8.45. The molecule has 0 radical (unpaired) electrons. The molecular weight excluding hydrogens is 238 g/mol. The van der Waals surface area contributed by atoms with Crippen molar-refractivity contribution in [3.05, 3.63) is 20.8 Å².